The van der Waals surface area contributed by atoms with Crippen molar-refractivity contribution < 1.29 is 30.9 Å². The third-order valence-electron chi connectivity index (χ3n) is 6.29. The fourth-order valence-corrected chi connectivity index (χ4v) is 5.91. The fraction of sp³-hybridized carbons (Fsp3) is 0.172. The molecule has 15 heteroatoms. The predicted octanol–water partition coefficient (Wildman–Crippen LogP) is 3.71. The minimum atomic E-state index is -4.09. The molecule has 5 rings (SSSR count). The average Bonchev–Trinajstić information content (AvgIpc) is 3.39. The maximum Gasteiger partial charge on any atom is 0.269 e. The zero-order valence-electron chi connectivity index (χ0n) is 23.9. The number of rotatable bonds is 11. The molecule has 0 aliphatic rings. The Balaban J connectivity index is 1.61. The van der Waals surface area contributed by atoms with Crippen molar-refractivity contribution in [3.05, 3.63) is 84.1 Å². The number of benzene rings is 1. The standard InChI is InChI=1S/C29H28N6O7S2/c1-19-4-8-23(9-5-19)44(39,40)35-18-24(25-11-7-21(36)16-32-25)27-26(33-29(30-2)34-28(27)35)10-6-20-14-22(17-31-15-20)41-12-13-42-43(3,37)38/h4-11,14-18,36H,12-13H2,1-3H3,(H,30,33,34). The van der Waals surface area contributed by atoms with Crippen LogP contribution < -0.4 is 10.1 Å². The molecule has 0 amide bonds. The predicted molar refractivity (Wildman–Crippen MR) is 165 cm³/mol. The Kier molecular flexibility index (Phi) is 8.62. The molecule has 5 aromatic rings. The first-order valence-electron chi connectivity index (χ1n) is 13.1. The summed E-state index contributed by atoms with van der Waals surface area (Å²) >= 11 is 0. The number of aryl methyl sites for hydroxylation is 1. The molecule has 44 heavy (non-hydrogen) atoms. The summed E-state index contributed by atoms with van der Waals surface area (Å²) in [7, 11) is -6.05. The third-order valence-corrected chi connectivity index (χ3v) is 8.54. The molecule has 2 N–H and O–H groups in total. The van der Waals surface area contributed by atoms with E-state index in [9.17, 15) is 21.9 Å². The Hall–Kier alpha value is -4.86. The first-order chi connectivity index (χ1) is 20.9. The Bertz CT molecular complexity index is 2060. The molecule has 228 valence electrons. The molecular weight excluding hydrogens is 608 g/mol. The van der Waals surface area contributed by atoms with Gasteiger partial charge in [-0.05, 0) is 48.9 Å². The van der Waals surface area contributed by atoms with E-state index in [-0.39, 0.29) is 35.5 Å². The summed E-state index contributed by atoms with van der Waals surface area (Å²) < 4.78 is 61.5. The van der Waals surface area contributed by atoms with E-state index in [1.807, 2.05) is 6.92 Å². The quantitative estimate of drug-likeness (QED) is 0.159. The van der Waals surface area contributed by atoms with Gasteiger partial charge in [-0.3, -0.25) is 14.2 Å². The molecule has 0 saturated carbocycles. The van der Waals surface area contributed by atoms with E-state index in [4.69, 9.17) is 8.92 Å². The Morgan fingerprint density at radius 1 is 0.977 bits per heavy atom. The maximum absolute atomic E-state index is 13.9. The minimum Gasteiger partial charge on any atom is -0.506 e. The molecule has 0 bridgehead atoms. The van der Waals surface area contributed by atoms with Crippen molar-refractivity contribution in [3.63, 3.8) is 0 Å². The topological polar surface area (TPSA) is 175 Å². The first-order valence-corrected chi connectivity index (χ1v) is 16.4. The maximum atomic E-state index is 13.9. The number of aromatic hydroxyl groups is 1. The van der Waals surface area contributed by atoms with Crippen LogP contribution in [0.4, 0.5) is 5.95 Å². The molecule has 4 aromatic heterocycles. The summed E-state index contributed by atoms with van der Waals surface area (Å²) in [6, 6.07) is 11.2. The lowest BCUT2D eigenvalue weighted by Gasteiger charge is -2.09. The number of anilines is 1. The van der Waals surface area contributed by atoms with Crippen LogP contribution in [-0.4, -0.2) is 72.4 Å². The van der Waals surface area contributed by atoms with E-state index >= 15 is 0 Å². The van der Waals surface area contributed by atoms with Crippen LogP contribution in [0.1, 0.15) is 16.8 Å². The fourth-order valence-electron chi connectivity index (χ4n) is 4.23. The molecule has 13 nitrogen and oxygen atoms in total. The van der Waals surface area contributed by atoms with Crippen LogP contribution in [0.2, 0.25) is 0 Å². The van der Waals surface area contributed by atoms with Crippen molar-refractivity contribution in [2.75, 3.05) is 31.8 Å². The summed E-state index contributed by atoms with van der Waals surface area (Å²) in [5.41, 5.74) is 2.87. The number of hydrogen-bond donors (Lipinski definition) is 2. The summed E-state index contributed by atoms with van der Waals surface area (Å²) in [4.78, 5) is 17.7. The van der Waals surface area contributed by atoms with Gasteiger partial charge in [-0.15, -0.1) is 0 Å². The Morgan fingerprint density at radius 3 is 2.43 bits per heavy atom. The molecule has 0 aliphatic heterocycles. The third kappa shape index (κ3) is 6.85. The highest BCUT2D eigenvalue weighted by molar-refractivity contribution is 7.90. The van der Waals surface area contributed by atoms with E-state index in [0.717, 1.165) is 15.8 Å². The lowest BCUT2D eigenvalue weighted by molar-refractivity contribution is 0.222. The zero-order chi connectivity index (χ0) is 31.5. The lowest BCUT2D eigenvalue weighted by atomic mass is 10.1. The Morgan fingerprint density at radius 2 is 1.75 bits per heavy atom. The molecular formula is C29H28N6O7S2. The monoisotopic (exact) mass is 636 g/mol. The van der Waals surface area contributed by atoms with Gasteiger partial charge in [0.25, 0.3) is 20.1 Å². The number of fused-ring (bicyclic) bond motifs is 1. The average molecular weight is 637 g/mol. The molecule has 0 spiro atoms. The van der Waals surface area contributed by atoms with Gasteiger partial charge in [0, 0.05) is 25.0 Å². The number of aromatic nitrogens is 5. The number of pyridine rings is 2. The van der Waals surface area contributed by atoms with Crippen molar-refractivity contribution in [1.82, 2.24) is 23.9 Å². The van der Waals surface area contributed by atoms with Gasteiger partial charge in [0.05, 0.1) is 40.3 Å². The molecule has 0 radical (unpaired) electrons. The smallest absolute Gasteiger partial charge is 0.269 e. The van der Waals surface area contributed by atoms with Crippen LogP contribution in [0.5, 0.6) is 11.5 Å². The largest absolute Gasteiger partial charge is 0.506 e. The van der Waals surface area contributed by atoms with Crippen LogP contribution in [0.15, 0.2) is 72.1 Å². The van der Waals surface area contributed by atoms with Crippen LogP contribution >= 0.6 is 0 Å². The van der Waals surface area contributed by atoms with Gasteiger partial charge < -0.3 is 15.2 Å². The summed E-state index contributed by atoms with van der Waals surface area (Å²) in [6.07, 6.45) is 10.1. The van der Waals surface area contributed by atoms with E-state index in [1.54, 1.807) is 49.7 Å². The zero-order valence-corrected chi connectivity index (χ0v) is 25.5. The van der Waals surface area contributed by atoms with Gasteiger partial charge >= 0.3 is 0 Å². The normalized spacial score (nSPS) is 12.2. The van der Waals surface area contributed by atoms with Crippen molar-refractivity contribution in [1.29, 1.82) is 0 Å². The van der Waals surface area contributed by atoms with Gasteiger partial charge in [-0.25, -0.2) is 17.4 Å². The van der Waals surface area contributed by atoms with Crippen molar-refractivity contribution in [2.24, 2.45) is 0 Å². The van der Waals surface area contributed by atoms with E-state index in [2.05, 4.69) is 25.3 Å². The molecule has 0 saturated heterocycles. The van der Waals surface area contributed by atoms with Crippen molar-refractivity contribution in [2.45, 2.75) is 11.8 Å². The highest BCUT2D eigenvalue weighted by Crippen LogP contribution is 2.35. The van der Waals surface area contributed by atoms with Crippen LogP contribution in [0.3, 0.4) is 0 Å². The van der Waals surface area contributed by atoms with E-state index in [1.165, 1.54) is 36.8 Å². The molecule has 0 atom stereocenters. The van der Waals surface area contributed by atoms with Gasteiger partial charge in [0.1, 0.15) is 24.7 Å². The molecule has 0 unspecified atom stereocenters. The minimum absolute atomic E-state index is 0.00799. The molecule has 1 aromatic carbocycles. The van der Waals surface area contributed by atoms with Gasteiger partial charge in [-0.2, -0.15) is 13.4 Å². The number of hydrogen-bond acceptors (Lipinski definition) is 12. The molecule has 0 fully saturated rings. The van der Waals surface area contributed by atoms with Crippen LogP contribution in [0, 0.1) is 6.92 Å². The van der Waals surface area contributed by atoms with Crippen LogP contribution in [0.25, 0.3) is 34.4 Å². The molecule has 4 heterocycles. The van der Waals surface area contributed by atoms with Gasteiger partial charge in [0.2, 0.25) is 5.95 Å². The second-order valence-corrected chi connectivity index (χ2v) is 13.1. The summed E-state index contributed by atoms with van der Waals surface area (Å²) in [5.74, 6) is 0.523. The van der Waals surface area contributed by atoms with Gasteiger partial charge in [0.15, 0.2) is 5.65 Å². The number of nitrogens with zero attached hydrogens (tertiary/aromatic N) is 5. The van der Waals surface area contributed by atoms with E-state index < -0.39 is 20.1 Å². The summed E-state index contributed by atoms with van der Waals surface area (Å²) in [5, 5.41) is 13.1. The van der Waals surface area contributed by atoms with Crippen molar-refractivity contribution in [3.8, 4) is 22.8 Å². The highest BCUT2D eigenvalue weighted by atomic mass is 32.2. The second kappa shape index (κ2) is 12.4. The number of ether oxygens (including phenoxy) is 1. The van der Waals surface area contributed by atoms with Crippen LogP contribution in [-0.2, 0) is 24.3 Å². The Labute approximate surface area is 254 Å². The number of nitrogens with one attached hydrogen (secondary N) is 1. The van der Waals surface area contributed by atoms with Gasteiger partial charge in [-0.1, -0.05) is 23.8 Å². The first kappa shape index (κ1) is 30.6. The second-order valence-electron chi connectivity index (χ2n) is 9.60. The van der Waals surface area contributed by atoms with E-state index in [0.29, 0.717) is 33.7 Å². The highest BCUT2D eigenvalue weighted by Gasteiger charge is 2.26. The SMILES string of the molecule is CNc1nc(C=Cc2cncc(OCCOS(C)(=O)=O)c2)c2c(-c3ccc(O)cn3)cn(S(=O)(=O)c3ccc(C)cc3)c2n1. The summed E-state index contributed by atoms with van der Waals surface area (Å²) in [6.45, 7) is 1.71. The van der Waals surface area contributed by atoms with Crippen molar-refractivity contribution >= 4 is 49.3 Å². The molecule has 0 aliphatic carbocycles. The lowest BCUT2D eigenvalue weighted by Crippen LogP contribution is -2.13.